The zero-order chi connectivity index (χ0) is 12.0. The number of carbonyl (C=O) groups excluding carboxylic acids is 2. The molecule has 6 heteroatoms. The lowest BCUT2D eigenvalue weighted by Crippen LogP contribution is -2.44. The molecule has 6 nitrogen and oxygen atoms in total. The van der Waals surface area contributed by atoms with Gasteiger partial charge in [0.2, 0.25) is 5.91 Å². The third-order valence-corrected chi connectivity index (χ3v) is 2.27. The molecule has 0 bridgehead atoms. The summed E-state index contributed by atoms with van der Waals surface area (Å²) in [5, 5.41) is 13.9. The Labute approximate surface area is 94.3 Å². The van der Waals surface area contributed by atoms with Gasteiger partial charge in [0.15, 0.2) is 0 Å². The summed E-state index contributed by atoms with van der Waals surface area (Å²) in [5.74, 6) is -0.365. The first kappa shape index (κ1) is 12.7. The number of hydrogen-bond acceptors (Lipinski definition) is 4. The molecule has 0 aromatic rings. The van der Waals surface area contributed by atoms with Gasteiger partial charge in [0.25, 0.3) is 0 Å². The van der Waals surface area contributed by atoms with E-state index in [0.29, 0.717) is 26.1 Å². The van der Waals surface area contributed by atoms with Gasteiger partial charge in [-0.2, -0.15) is 0 Å². The standard InChI is InChI=1S/C10H17N3O3/c1-2-4-11-10(16)12-9(15)7-13-5-3-8(14)6-13/h2,8,14H,1,3-7H2,(H2,11,12,15,16)/t8-/m0/s1. The van der Waals surface area contributed by atoms with E-state index in [0.717, 1.165) is 0 Å². The van der Waals surface area contributed by atoms with Crippen molar-refractivity contribution in [2.75, 3.05) is 26.2 Å². The molecule has 0 radical (unpaired) electrons. The van der Waals surface area contributed by atoms with Crippen LogP contribution in [-0.2, 0) is 4.79 Å². The summed E-state index contributed by atoms with van der Waals surface area (Å²) in [5.41, 5.74) is 0. The number of β-amino-alcohol motifs (C(OH)–C–C–N with tert-alkyl or cyclic N) is 1. The molecule has 0 aromatic heterocycles. The van der Waals surface area contributed by atoms with Crippen molar-refractivity contribution < 1.29 is 14.7 Å². The number of hydrogen-bond donors (Lipinski definition) is 3. The van der Waals surface area contributed by atoms with E-state index in [4.69, 9.17) is 0 Å². The largest absolute Gasteiger partial charge is 0.392 e. The fraction of sp³-hybridized carbons (Fsp3) is 0.600. The second-order valence-electron chi connectivity index (χ2n) is 3.72. The number of rotatable bonds is 4. The number of aliphatic hydroxyl groups is 1. The smallest absolute Gasteiger partial charge is 0.321 e. The SMILES string of the molecule is C=CCNC(=O)NC(=O)CN1CC[C@H](O)C1. The predicted molar refractivity (Wildman–Crippen MR) is 58.8 cm³/mol. The predicted octanol–water partition coefficient (Wildman–Crippen LogP) is -0.935. The fourth-order valence-electron chi connectivity index (χ4n) is 1.53. The number of carbonyl (C=O) groups is 2. The first-order valence-corrected chi connectivity index (χ1v) is 5.21. The minimum Gasteiger partial charge on any atom is -0.392 e. The van der Waals surface area contributed by atoms with Crippen LogP contribution in [0.3, 0.4) is 0 Å². The van der Waals surface area contributed by atoms with E-state index in [1.807, 2.05) is 0 Å². The van der Waals surface area contributed by atoms with E-state index in [1.54, 1.807) is 4.90 Å². The van der Waals surface area contributed by atoms with Gasteiger partial charge >= 0.3 is 6.03 Å². The van der Waals surface area contributed by atoms with Crippen molar-refractivity contribution in [3.05, 3.63) is 12.7 Å². The molecule has 1 saturated heterocycles. The second-order valence-corrected chi connectivity index (χ2v) is 3.72. The third kappa shape index (κ3) is 4.41. The first-order chi connectivity index (χ1) is 7.61. The van der Waals surface area contributed by atoms with Gasteiger partial charge in [-0.15, -0.1) is 6.58 Å². The minimum atomic E-state index is -0.523. The summed E-state index contributed by atoms with van der Waals surface area (Å²) < 4.78 is 0. The molecule has 1 fully saturated rings. The Morgan fingerprint density at radius 1 is 1.56 bits per heavy atom. The maximum atomic E-state index is 11.4. The van der Waals surface area contributed by atoms with Gasteiger partial charge in [0, 0.05) is 19.6 Å². The molecule has 1 aliphatic heterocycles. The molecular formula is C10H17N3O3. The molecule has 1 atom stereocenters. The maximum absolute atomic E-state index is 11.4. The van der Waals surface area contributed by atoms with E-state index in [-0.39, 0.29) is 18.6 Å². The molecule has 0 spiro atoms. The van der Waals surface area contributed by atoms with Crippen LogP contribution in [-0.4, -0.2) is 54.2 Å². The lowest BCUT2D eigenvalue weighted by Gasteiger charge is -2.13. The molecule has 0 unspecified atom stereocenters. The van der Waals surface area contributed by atoms with Crippen molar-refractivity contribution in [3.8, 4) is 0 Å². The van der Waals surface area contributed by atoms with E-state index in [2.05, 4.69) is 17.2 Å². The molecule has 3 amide bonds. The highest BCUT2D eigenvalue weighted by Crippen LogP contribution is 2.07. The minimum absolute atomic E-state index is 0.137. The van der Waals surface area contributed by atoms with E-state index < -0.39 is 6.03 Å². The normalized spacial score (nSPS) is 20.4. The Morgan fingerprint density at radius 3 is 2.88 bits per heavy atom. The van der Waals surface area contributed by atoms with Crippen LogP contribution in [0.4, 0.5) is 4.79 Å². The summed E-state index contributed by atoms with van der Waals surface area (Å²) in [4.78, 5) is 24.3. The van der Waals surface area contributed by atoms with Crippen molar-refractivity contribution in [2.24, 2.45) is 0 Å². The number of aliphatic hydroxyl groups excluding tert-OH is 1. The molecule has 16 heavy (non-hydrogen) atoms. The highest BCUT2D eigenvalue weighted by Gasteiger charge is 2.22. The van der Waals surface area contributed by atoms with Gasteiger partial charge in [-0.3, -0.25) is 15.0 Å². The Bertz CT molecular complexity index is 280. The van der Waals surface area contributed by atoms with Crippen LogP contribution in [0.25, 0.3) is 0 Å². The van der Waals surface area contributed by atoms with Crippen LogP contribution < -0.4 is 10.6 Å². The van der Waals surface area contributed by atoms with Gasteiger partial charge in [0.05, 0.1) is 12.6 Å². The van der Waals surface area contributed by atoms with Gasteiger partial charge in [-0.05, 0) is 6.42 Å². The Kier molecular flexibility index (Phi) is 4.94. The quantitative estimate of drug-likeness (QED) is 0.542. The molecule has 3 N–H and O–H groups in total. The lowest BCUT2D eigenvalue weighted by molar-refractivity contribution is -0.121. The fourth-order valence-corrected chi connectivity index (χ4v) is 1.53. The molecule has 0 aliphatic carbocycles. The van der Waals surface area contributed by atoms with Gasteiger partial charge in [-0.25, -0.2) is 4.79 Å². The zero-order valence-electron chi connectivity index (χ0n) is 9.11. The van der Waals surface area contributed by atoms with Crippen molar-refractivity contribution >= 4 is 11.9 Å². The van der Waals surface area contributed by atoms with E-state index in [9.17, 15) is 14.7 Å². The summed E-state index contributed by atoms with van der Waals surface area (Å²) in [6.45, 7) is 5.07. The summed E-state index contributed by atoms with van der Waals surface area (Å²) >= 11 is 0. The van der Waals surface area contributed by atoms with Gasteiger partial charge < -0.3 is 10.4 Å². The number of nitrogens with zero attached hydrogens (tertiary/aromatic N) is 1. The third-order valence-electron chi connectivity index (χ3n) is 2.27. The highest BCUT2D eigenvalue weighted by atomic mass is 16.3. The monoisotopic (exact) mass is 227 g/mol. The molecule has 1 heterocycles. The zero-order valence-corrected chi connectivity index (χ0v) is 9.11. The Balaban J connectivity index is 2.20. The maximum Gasteiger partial charge on any atom is 0.321 e. The average molecular weight is 227 g/mol. The topological polar surface area (TPSA) is 81.7 Å². The summed E-state index contributed by atoms with van der Waals surface area (Å²) in [6, 6.07) is -0.523. The number of amides is 3. The Hall–Kier alpha value is -1.40. The number of urea groups is 1. The van der Waals surface area contributed by atoms with Crippen molar-refractivity contribution in [2.45, 2.75) is 12.5 Å². The highest BCUT2D eigenvalue weighted by molar-refractivity contribution is 5.95. The van der Waals surface area contributed by atoms with Crippen molar-refractivity contribution in [1.29, 1.82) is 0 Å². The van der Waals surface area contributed by atoms with Crippen LogP contribution in [0.2, 0.25) is 0 Å². The molecule has 0 saturated carbocycles. The van der Waals surface area contributed by atoms with Crippen LogP contribution in [0, 0.1) is 0 Å². The van der Waals surface area contributed by atoms with Crippen LogP contribution in [0.5, 0.6) is 0 Å². The number of imide groups is 1. The molecule has 1 rings (SSSR count). The van der Waals surface area contributed by atoms with Gasteiger partial charge in [-0.1, -0.05) is 6.08 Å². The molecular weight excluding hydrogens is 210 g/mol. The van der Waals surface area contributed by atoms with Gasteiger partial charge in [0.1, 0.15) is 0 Å². The number of likely N-dealkylation sites (tertiary alicyclic amines) is 1. The lowest BCUT2D eigenvalue weighted by atomic mass is 10.3. The second kappa shape index (κ2) is 6.24. The molecule has 0 aromatic carbocycles. The average Bonchev–Trinajstić information content (AvgIpc) is 2.60. The first-order valence-electron chi connectivity index (χ1n) is 5.21. The van der Waals surface area contributed by atoms with Crippen LogP contribution in [0.15, 0.2) is 12.7 Å². The van der Waals surface area contributed by atoms with Crippen LogP contribution >= 0.6 is 0 Å². The van der Waals surface area contributed by atoms with Crippen molar-refractivity contribution in [3.63, 3.8) is 0 Å². The summed E-state index contributed by atoms with van der Waals surface area (Å²) in [6.07, 6.45) is 1.85. The molecule has 90 valence electrons. The molecule has 1 aliphatic rings. The Morgan fingerprint density at radius 2 is 2.31 bits per heavy atom. The number of nitrogens with one attached hydrogen (secondary N) is 2. The van der Waals surface area contributed by atoms with E-state index in [1.165, 1.54) is 6.08 Å². The summed E-state index contributed by atoms with van der Waals surface area (Å²) in [7, 11) is 0. The van der Waals surface area contributed by atoms with E-state index >= 15 is 0 Å². The van der Waals surface area contributed by atoms with Crippen LogP contribution in [0.1, 0.15) is 6.42 Å². The van der Waals surface area contributed by atoms with Crippen molar-refractivity contribution in [1.82, 2.24) is 15.5 Å².